The van der Waals surface area contributed by atoms with E-state index >= 15 is 0 Å². The quantitative estimate of drug-likeness (QED) is 0.890. The van der Waals surface area contributed by atoms with Gasteiger partial charge < -0.3 is 10.2 Å². The second kappa shape index (κ2) is 7.40. The number of carbonyl (C=O) groups is 1. The van der Waals surface area contributed by atoms with Gasteiger partial charge in [-0.25, -0.2) is 4.98 Å². The average Bonchev–Trinajstić information content (AvgIpc) is 2.82. The number of thiazole rings is 1. The molecular weight excluding hydrogens is 294 g/mol. The predicted octanol–water partition coefficient (Wildman–Crippen LogP) is 3.07. The molecular formula is C17H23N3OS. The van der Waals surface area contributed by atoms with Crippen molar-refractivity contribution in [3.63, 3.8) is 0 Å². The number of carbonyl (C=O) groups excluding carboxylic acids is 1. The third-order valence-corrected chi connectivity index (χ3v) is 4.68. The highest BCUT2D eigenvalue weighted by molar-refractivity contribution is 7.11. The molecule has 0 aliphatic carbocycles. The Morgan fingerprint density at radius 3 is 2.45 bits per heavy atom. The average molecular weight is 317 g/mol. The monoisotopic (exact) mass is 317 g/mol. The van der Waals surface area contributed by atoms with Gasteiger partial charge in [0.05, 0.1) is 12.2 Å². The Balaban J connectivity index is 1.77. The molecule has 1 N–H and O–H groups in total. The van der Waals surface area contributed by atoms with Crippen LogP contribution >= 0.6 is 11.3 Å². The van der Waals surface area contributed by atoms with E-state index in [2.05, 4.69) is 46.4 Å². The van der Waals surface area contributed by atoms with Gasteiger partial charge in [0.1, 0.15) is 5.01 Å². The van der Waals surface area contributed by atoms with Crippen molar-refractivity contribution in [1.29, 1.82) is 0 Å². The zero-order valence-electron chi connectivity index (χ0n) is 13.6. The lowest BCUT2D eigenvalue weighted by molar-refractivity contribution is -0.121. The number of hydrogen-bond acceptors (Lipinski definition) is 4. The standard InChI is InChI=1S/C17H23N3OS/c1-12-13(2)22-17(19-12)11-18-16(21)10-7-14-5-8-15(9-6-14)20(3)4/h5-6,8-9H,7,10-11H2,1-4H3,(H,18,21). The molecule has 0 unspecified atom stereocenters. The maximum atomic E-state index is 11.9. The van der Waals surface area contributed by atoms with E-state index in [4.69, 9.17) is 0 Å². The molecule has 118 valence electrons. The van der Waals surface area contributed by atoms with Gasteiger partial charge in [0.2, 0.25) is 5.91 Å². The largest absolute Gasteiger partial charge is 0.378 e. The molecule has 1 aromatic carbocycles. The molecule has 0 radical (unpaired) electrons. The summed E-state index contributed by atoms with van der Waals surface area (Å²) in [6.45, 7) is 4.57. The third kappa shape index (κ3) is 4.56. The van der Waals surface area contributed by atoms with Crippen LogP contribution in [0.4, 0.5) is 5.69 Å². The molecule has 4 nitrogen and oxygen atoms in total. The lowest BCUT2D eigenvalue weighted by atomic mass is 10.1. The van der Waals surface area contributed by atoms with Gasteiger partial charge in [-0.05, 0) is 38.0 Å². The Hall–Kier alpha value is -1.88. The molecule has 2 rings (SSSR count). The minimum absolute atomic E-state index is 0.0715. The lowest BCUT2D eigenvalue weighted by Gasteiger charge is -2.12. The number of nitrogens with one attached hydrogen (secondary N) is 1. The van der Waals surface area contributed by atoms with Gasteiger partial charge in [-0.1, -0.05) is 12.1 Å². The van der Waals surface area contributed by atoms with Crippen molar-refractivity contribution in [3.05, 3.63) is 45.4 Å². The van der Waals surface area contributed by atoms with Crippen LogP contribution in [0.3, 0.4) is 0 Å². The Bertz CT molecular complexity index is 612. The number of aryl methyl sites for hydroxylation is 3. The van der Waals surface area contributed by atoms with E-state index in [1.807, 2.05) is 21.0 Å². The molecule has 0 fully saturated rings. The first kappa shape index (κ1) is 16.5. The van der Waals surface area contributed by atoms with Crippen molar-refractivity contribution >= 4 is 22.9 Å². The van der Waals surface area contributed by atoms with Gasteiger partial charge in [0.15, 0.2) is 0 Å². The summed E-state index contributed by atoms with van der Waals surface area (Å²) < 4.78 is 0. The summed E-state index contributed by atoms with van der Waals surface area (Å²) >= 11 is 1.64. The zero-order chi connectivity index (χ0) is 16.1. The maximum absolute atomic E-state index is 11.9. The molecule has 2 aromatic rings. The Labute approximate surface area is 136 Å². The minimum atomic E-state index is 0.0715. The van der Waals surface area contributed by atoms with Crippen LogP contribution in [0.2, 0.25) is 0 Å². The number of benzene rings is 1. The number of rotatable bonds is 6. The first-order valence-electron chi connectivity index (χ1n) is 7.41. The molecule has 1 heterocycles. The van der Waals surface area contributed by atoms with E-state index in [1.165, 1.54) is 16.1 Å². The highest BCUT2D eigenvalue weighted by Crippen LogP contribution is 2.16. The first-order valence-corrected chi connectivity index (χ1v) is 8.23. The Kier molecular flexibility index (Phi) is 5.55. The van der Waals surface area contributed by atoms with Crippen LogP contribution in [0, 0.1) is 13.8 Å². The van der Waals surface area contributed by atoms with Crippen molar-refractivity contribution in [2.75, 3.05) is 19.0 Å². The van der Waals surface area contributed by atoms with Gasteiger partial charge in [-0.15, -0.1) is 11.3 Å². The smallest absolute Gasteiger partial charge is 0.220 e. The van der Waals surface area contributed by atoms with E-state index < -0.39 is 0 Å². The number of aromatic nitrogens is 1. The third-order valence-electron chi connectivity index (χ3n) is 3.60. The van der Waals surface area contributed by atoms with E-state index in [1.54, 1.807) is 11.3 Å². The summed E-state index contributed by atoms with van der Waals surface area (Å²) in [6, 6.07) is 8.31. The molecule has 0 bridgehead atoms. The predicted molar refractivity (Wildman–Crippen MR) is 92.5 cm³/mol. The normalized spacial score (nSPS) is 10.5. The second-order valence-corrected chi connectivity index (χ2v) is 6.87. The molecule has 1 amide bonds. The first-order chi connectivity index (χ1) is 10.5. The fraction of sp³-hybridized carbons (Fsp3) is 0.412. The fourth-order valence-corrected chi connectivity index (χ4v) is 2.97. The number of anilines is 1. The van der Waals surface area contributed by atoms with Gasteiger partial charge in [-0.2, -0.15) is 0 Å². The second-order valence-electron chi connectivity index (χ2n) is 5.59. The highest BCUT2D eigenvalue weighted by atomic mass is 32.1. The van der Waals surface area contributed by atoms with Gasteiger partial charge in [0.25, 0.3) is 0 Å². The van der Waals surface area contributed by atoms with E-state index in [9.17, 15) is 4.79 Å². The molecule has 0 aliphatic rings. The summed E-state index contributed by atoms with van der Waals surface area (Å²) in [5, 5.41) is 3.91. The molecule has 0 saturated carbocycles. The van der Waals surface area contributed by atoms with E-state index in [0.29, 0.717) is 13.0 Å². The summed E-state index contributed by atoms with van der Waals surface area (Å²) in [5.74, 6) is 0.0715. The molecule has 0 aliphatic heterocycles. The fourth-order valence-electron chi connectivity index (χ4n) is 2.10. The highest BCUT2D eigenvalue weighted by Gasteiger charge is 2.06. The molecule has 0 atom stereocenters. The number of nitrogens with zero attached hydrogens (tertiary/aromatic N) is 2. The SMILES string of the molecule is Cc1nc(CNC(=O)CCc2ccc(N(C)C)cc2)sc1C. The van der Waals surface area contributed by atoms with Crippen LogP contribution in [0.25, 0.3) is 0 Å². The summed E-state index contributed by atoms with van der Waals surface area (Å²) in [4.78, 5) is 19.6. The maximum Gasteiger partial charge on any atom is 0.220 e. The number of amides is 1. The summed E-state index contributed by atoms with van der Waals surface area (Å²) in [6.07, 6.45) is 1.26. The van der Waals surface area contributed by atoms with Crippen LogP contribution in [0.5, 0.6) is 0 Å². The Morgan fingerprint density at radius 1 is 1.23 bits per heavy atom. The van der Waals surface area contributed by atoms with E-state index in [-0.39, 0.29) is 5.91 Å². The van der Waals surface area contributed by atoms with Crippen molar-refractivity contribution in [2.45, 2.75) is 33.2 Å². The number of hydrogen-bond donors (Lipinski definition) is 1. The van der Waals surface area contributed by atoms with Gasteiger partial charge >= 0.3 is 0 Å². The van der Waals surface area contributed by atoms with Crippen LogP contribution in [0.15, 0.2) is 24.3 Å². The molecule has 5 heteroatoms. The lowest BCUT2D eigenvalue weighted by Crippen LogP contribution is -2.22. The van der Waals surface area contributed by atoms with Crippen molar-refractivity contribution < 1.29 is 4.79 Å². The van der Waals surface area contributed by atoms with Crippen LogP contribution in [-0.2, 0) is 17.8 Å². The molecule has 22 heavy (non-hydrogen) atoms. The molecule has 0 saturated heterocycles. The van der Waals surface area contributed by atoms with Crippen LogP contribution in [-0.4, -0.2) is 25.0 Å². The Morgan fingerprint density at radius 2 is 1.91 bits per heavy atom. The minimum Gasteiger partial charge on any atom is -0.378 e. The van der Waals surface area contributed by atoms with Crippen LogP contribution < -0.4 is 10.2 Å². The van der Waals surface area contributed by atoms with Crippen molar-refractivity contribution in [1.82, 2.24) is 10.3 Å². The van der Waals surface area contributed by atoms with Gasteiger partial charge in [-0.3, -0.25) is 4.79 Å². The summed E-state index contributed by atoms with van der Waals surface area (Å²) in [5.41, 5.74) is 3.40. The zero-order valence-corrected chi connectivity index (χ0v) is 14.5. The van der Waals surface area contributed by atoms with Gasteiger partial charge in [0, 0.05) is 31.1 Å². The summed E-state index contributed by atoms with van der Waals surface area (Å²) in [7, 11) is 4.04. The van der Waals surface area contributed by atoms with Crippen LogP contribution in [0.1, 0.15) is 27.6 Å². The van der Waals surface area contributed by atoms with Crippen molar-refractivity contribution in [3.8, 4) is 0 Å². The molecule has 0 spiro atoms. The molecule has 1 aromatic heterocycles. The topological polar surface area (TPSA) is 45.2 Å². The van der Waals surface area contributed by atoms with E-state index in [0.717, 1.165) is 17.1 Å². The van der Waals surface area contributed by atoms with Crippen molar-refractivity contribution in [2.24, 2.45) is 0 Å².